The van der Waals surface area contributed by atoms with Crippen LogP contribution >= 0.6 is 35.3 Å². The average molecular weight is 450 g/mol. The molecule has 0 saturated carbocycles. The Labute approximate surface area is 181 Å². The van der Waals surface area contributed by atoms with Crippen molar-refractivity contribution in [2.75, 3.05) is 5.32 Å². The van der Waals surface area contributed by atoms with Crippen LogP contribution in [0.2, 0.25) is 5.02 Å². The normalized spacial score (nSPS) is 10.4. The van der Waals surface area contributed by atoms with Crippen LogP contribution in [0.5, 0.6) is 0 Å². The van der Waals surface area contributed by atoms with Gasteiger partial charge in [-0.15, -0.1) is 23.7 Å². The minimum Gasteiger partial charge on any atom is -0.366 e. The van der Waals surface area contributed by atoms with E-state index in [0.717, 1.165) is 21.7 Å². The lowest BCUT2D eigenvalue weighted by Gasteiger charge is -2.10. The van der Waals surface area contributed by atoms with Gasteiger partial charge in [-0.1, -0.05) is 23.7 Å². The number of hydrogen-bond donors (Lipinski definition) is 1. The number of nitrogens with one attached hydrogen (secondary N) is 1. The van der Waals surface area contributed by atoms with Crippen LogP contribution < -0.4 is 5.32 Å². The van der Waals surface area contributed by atoms with E-state index in [0.29, 0.717) is 10.8 Å². The van der Waals surface area contributed by atoms with Gasteiger partial charge in [-0.2, -0.15) is 0 Å². The molecule has 4 aromatic rings. The number of hydrogen-bond acceptors (Lipinski definition) is 4. The molecule has 0 radical (unpaired) electrons. The summed E-state index contributed by atoms with van der Waals surface area (Å²) in [5.41, 5.74) is 2.64. The maximum absolute atomic E-state index is 13.7. The Hall–Kier alpha value is -2.54. The molecule has 0 saturated heterocycles. The zero-order valence-electron chi connectivity index (χ0n) is 14.9. The van der Waals surface area contributed by atoms with Crippen LogP contribution in [0.25, 0.3) is 21.7 Å². The van der Waals surface area contributed by atoms with Gasteiger partial charge in [0.1, 0.15) is 22.5 Å². The second kappa shape index (κ2) is 9.31. The summed E-state index contributed by atoms with van der Waals surface area (Å²) in [6.45, 7) is 0.00510. The third-order valence-corrected chi connectivity index (χ3v) is 5.38. The molecule has 0 amide bonds. The Kier molecular flexibility index (Phi) is 6.79. The van der Waals surface area contributed by atoms with Gasteiger partial charge in [-0.3, -0.25) is 0 Å². The molecule has 0 bridgehead atoms. The topological polar surface area (TPSA) is 37.8 Å². The third-order valence-electron chi connectivity index (χ3n) is 4.23. The Bertz CT molecular complexity index is 1080. The smallest absolute Gasteiger partial charge is 0.131 e. The van der Waals surface area contributed by atoms with Gasteiger partial charge in [0.15, 0.2) is 0 Å². The number of nitrogens with zero attached hydrogens (tertiary/aromatic N) is 2. The second-order valence-electron chi connectivity index (χ2n) is 6.02. The summed E-state index contributed by atoms with van der Waals surface area (Å²) >= 11 is 7.92. The monoisotopic (exact) mass is 449 g/mol. The fourth-order valence-corrected chi connectivity index (χ4v) is 3.65. The van der Waals surface area contributed by atoms with Gasteiger partial charge in [0, 0.05) is 51.6 Å². The molecular weight excluding hydrogens is 435 g/mol. The first-order valence-corrected chi connectivity index (χ1v) is 9.70. The molecule has 4 rings (SSSR count). The number of aromatic nitrogens is 2. The standard InChI is InChI=1S/C21H14ClF2N3S.ClH/c22-17-6-4-13(21-25-8-9-28-21)10-15(17)14-5-7-20(26-11-14)27-12-16-18(23)2-1-3-19(16)24;/h1-11H,12H2,(H,26,27);1H. The van der Waals surface area contributed by atoms with E-state index < -0.39 is 11.6 Å². The fraction of sp³-hybridized carbons (Fsp3) is 0.0476. The first kappa shape index (κ1) is 21.2. The number of benzene rings is 2. The zero-order chi connectivity index (χ0) is 19.5. The Balaban J connectivity index is 0.00000240. The molecule has 0 fully saturated rings. The molecule has 2 aromatic heterocycles. The van der Waals surface area contributed by atoms with Crippen LogP contribution in [0.15, 0.2) is 66.3 Å². The summed E-state index contributed by atoms with van der Waals surface area (Å²) < 4.78 is 27.4. The van der Waals surface area contributed by atoms with Crippen molar-refractivity contribution in [2.45, 2.75) is 6.54 Å². The van der Waals surface area contributed by atoms with Crippen molar-refractivity contribution in [3.8, 4) is 21.7 Å². The van der Waals surface area contributed by atoms with E-state index in [-0.39, 0.29) is 24.5 Å². The summed E-state index contributed by atoms with van der Waals surface area (Å²) in [4.78, 5) is 8.66. The Morgan fingerprint density at radius 2 is 1.72 bits per heavy atom. The van der Waals surface area contributed by atoms with Gasteiger partial charge in [-0.05, 0) is 36.4 Å². The van der Waals surface area contributed by atoms with Crippen LogP contribution in [-0.4, -0.2) is 9.97 Å². The summed E-state index contributed by atoms with van der Waals surface area (Å²) in [5.74, 6) is -0.664. The van der Waals surface area contributed by atoms with E-state index in [1.807, 2.05) is 29.6 Å². The lowest BCUT2D eigenvalue weighted by Crippen LogP contribution is -2.05. The molecule has 0 atom stereocenters. The van der Waals surface area contributed by atoms with Crippen molar-refractivity contribution in [3.05, 3.63) is 88.5 Å². The summed E-state index contributed by atoms with van der Waals surface area (Å²) in [7, 11) is 0. The largest absolute Gasteiger partial charge is 0.366 e. The van der Waals surface area contributed by atoms with Crippen LogP contribution in [0, 0.1) is 11.6 Å². The van der Waals surface area contributed by atoms with Gasteiger partial charge < -0.3 is 5.32 Å². The first-order chi connectivity index (χ1) is 13.6. The minimum atomic E-state index is -0.588. The summed E-state index contributed by atoms with van der Waals surface area (Å²) in [6.07, 6.45) is 3.43. The molecule has 8 heteroatoms. The molecule has 148 valence electrons. The molecule has 0 spiro atoms. The minimum absolute atomic E-state index is 0. The molecule has 2 heterocycles. The van der Waals surface area contributed by atoms with E-state index in [1.165, 1.54) is 18.2 Å². The van der Waals surface area contributed by atoms with Gasteiger partial charge >= 0.3 is 0 Å². The molecule has 0 aliphatic carbocycles. The number of anilines is 1. The maximum atomic E-state index is 13.7. The molecule has 0 aliphatic heterocycles. The third kappa shape index (κ3) is 4.72. The van der Waals surface area contributed by atoms with E-state index in [4.69, 9.17) is 11.6 Å². The van der Waals surface area contributed by atoms with Crippen molar-refractivity contribution < 1.29 is 8.78 Å². The Morgan fingerprint density at radius 3 is 2.38 bits per heavy atom. The lowest BCUT2D eigenvalue weighted by molar-refractivity contribution is 0.560. The summed E-state index contributed by atoms with van der Waals surface area (Å²) in [5, 5.41) is 6.38. The number of thiazole rings is 1. The SMILES string of the molecule is Cl.Fc1cccc(F)c1CNc1ccc(-c2cc(-c3nccs3)ccc2Cl)cn1. The maximum Gasteiger partial charge on any atom is 0.131 e. The van der Waals surface area contributed by atoms with Crippen molar-refractivity contribution in [2.24, 2.45) is 0 Å². The fourth-order valence-electron chi connectivity index (χ4n) is 2.78. The lowest BCUT2D eigenvalue weighted by atomic mass is 10.0. The first-order valence-electron chi connectivity index (χ1n) is 8.44. The molecular formula is C21H15Cl2F2N3S. The van der Waals surface area contributed by atoms with Gasteiger partial charge in [-0.25, -0.2) is 18.7 Å². The van der Waals surface area contributed by atoms with E-state index in [9.17, 15) is 8.78 Å². The van der Waals surface area contributed by atoms with Crippen LogP contribution in [0.4, 0.5) is 14.6 Å². The van der Waals surface area contributed by atoms with Crippen LogP contribution in [0.1, 0.15) is 5.56 Å². The van der Waals surface area contributed by atoms with Gasteiger partial charge in [0.25, 0.3) is 0 Å². The van der Waals surface area contributed by atoms with Crippen molar-refractivity contribution >= 4 is 41.2 Å². The predicted octanol–water partition coefficient (Wildman–Crippen LogP) is 6.84. The molecule has 1 N–H and O–H groups in total. The van der Waals surface area contributed by atoms with Gasteiger partial charge in [0.2, 0.25) is 0 Å². The van der Waals surface area contributed by atoms with Crippen molar-refractivity contribution in [1.29, 1.82) is 0 Å². The molecule has 2 aromatic carbocycles. The van der Waals surface area contributed by atoms with Crippen LogP contribution in [-0.2, 0) is 6.54 Å². The number of rotatable bonds is 5. The second-order valence-corrected chi connectivity index (χ2v) is 7.32. The van der Waals surface area contributed by atoms with Crippen molar-refractivity contribution in [1.82, 2.24) is 9.97 Å². The highest BCUT2D eigenvalue weighted by Crippen LogP contribution is 2.33. The van der Waals surface area contributed by atoms with E-state index in [2.05, 4.69) is 15.3 Å². The van der Waals surface area contributed by atoms with Gasteiger partial charge in [0.05, 0.1) is 0 Å². The van der Waals surface area contributed by atoms with Crippen molar-refractivity contribution in [3.63, 3.8) is 0 Å². The zero-order valence-corrected chi connectivity index (χ0v) is 17.3. The molecule has 0 unspecified atom stereocenters. The quantitative estimate of drug-likeness (QED) is 0.362. The highest BCUT2D eigenvalue weighted by molar-refractivity contribution is 7.13. The van der Waals surface area contributed by atoms with E-state index in [1.54, 1.807) is 29.8 Å². The Morgan fingerprint density at radius 1 is 0.966 bits per heavy atom. The highest BCUT2D eigenvalue weighted by atomic mass is 35.5. The molecule has 3 nitrogen and oxygen atoms in total. The predicted molar refractivity (Wildman–Crippen MR) is 117 cm³/mol. The average Bonchev–Trinajstić information content (AvgIpc) is 3.23. The highest BCUT2D eigenvalue weighted by Gasteiger charge is 2.10. The number of halogens is 4. The molecule has 0 aliphatic rings. The summed E-state index contributed by atoms with van der Waals surface area (Å²) in [6, 6.07) is 13.1. The molecule has 29 heavy (non-hydrogen) atoms. The van der Waals surface area contributed by atoms with Crippen LogP contribution in [0.3, 0.4) is 0 Å². The van der Waals surface area contributed by atoms with E-state index >= 15 is 0 Å². The number of pyridine rings is 1.